The molecule has 0 unspecified atom stereocenters. The van der Waals surface area contributed by atoms with Gasteiger partial charge in [-0.1, -0.05) is 68.7 Å². The zero-order valence-corrected chi connectivity index (χ0v) is 24.8. The second kappa shape index (κ2) is 12.9. The highest BCUT2D eigenvalue weighted by molar-refractivity contribution is 9.10. The quantitative estimate of drug-likeness (QED) is 0.119. The highest BCUT2D eigenvalue weighted by Gasteiger charge is 2.27. The lowest BCUT2D eigenvalue weighted by molar-refractivity contribution is -0.123. The minimum atomic E-state index is -0.508. The number of benzene rings is 3. The van der Waals surface area contributed by atoms with Gasteiger partial charge < -0.3 is 14.2 Å². The minimum absolute atomic E-state index is 0.0325. The van der Waals surface area contributed by atoms with Crippen molar-refractivity contribution >= 4 is 34.0 Å². The molecule has 0 atom stereocenters. The Hall–Kier alpha value is -3.65. The average molecular weight is 596 g/mol. The maximum atomic E-state index is 12.5. The third-order valence-electron chi connectivity index (χ3n) is 5.83. The predicted molar refractivity (Wildman–Crippen MR) is 157 cm³/mol. The largest absolute Gasteiger partial charge is 0.493 e. The third-order valence-corrected chi connectivity index (χ3v) is 6.32. The lowest BCUT2D eigenvalue weighted by Gasteiger charge is -2.33. The smallest absolute Gasteiger partial charge is 0.343 e. The molecule has 206 valence electrons. The molecule has 7 nitrogen and oxygen atoms in total. The van der Waals surface area contributed by atoms with Gasteiger partial charge >= 0.3 is 5.97 Å². The maximum absolute atomic E-state index is 12.5. The Labute approximate surface area is 238 Å². The first-order valence-electron chi connectivity index (χ1n) is 12.6. The average Bonchev–Trinajstić information content (AvgIpc) is 2.87. The van der Waals surface area contributed by atoms with Crippen molar-refractivity contribution < 1.29 is 23.8 Å². The van der Waals surface area contributed by atoms with Crippen LogP contribution in [0.5, 0.6) is 17.2 Å². The number of nitrogens with zero attached hydrogens (tertiary/aromatic N) is 1. The van der Waals surface area contributed by atoms with Gasteiger partial charge in [0.25, 0.3) is 5.91 Å². The lowest BCUT2D eigenvalue weighted by Crippen LogP contribution is -2.25. The standard InChI is InChI=1S/C31H35BrN2O5/c1-30(2,3)20-31(4,5)23-11-13-25(14-12-23)38-19-28(35)34-33-18-21-10-15-26(27(16-21)37-6)39-29(36)22-8-7-9-24(32)17-22/h7-18H,19-20H2,1-6H3,(H,34,35)/b33-18+. The number of ether oxygens (including phenoxy) is 3. The molecule has 1 N–H and O–H groups in total. The van der Waals surface area contributed by atoms with Crippen molar-refractivity contribution in [3.8, 4) is 17.2 Å². The van der Waals surface area contributed by atoms with Crippen molar-refractivity contribution in [1.82, 2.24) is 5.43 Å². The van der Waals surface area contributed by atoms with Crippen LogP contribution in [0.2, 0.25) is 0 Å². The van der Waals surface area contributed by atoms with Crippen molar-refractivity contribution in [3.05, 3.63) is 87.9 Å². The first kappa shape index (κ1) is 29.9. The van der Waals surface area contributed by atoms with E-state index in [0.29, 0.717) is 22.6 Å². The molecule has 0 saturated carbocycles. The molecule has 3 aromatic carbocycles. The van der Waals surface area contributed by atoms with Crippen LogP contribution in [0.1, 0.15) is 62.5 Å². The van der Waals surface area contributed by atoms with Crippen LogP contribution in [0.15, 0.2) is 76.3 Å². The van der Waals surface area contributed by atoms with Gasteiger partial charge in [0, 0.05) is 4.47 Å². The van der Waals surface area contributed by atoms with Gasteiger partial charge in [-0.3, -0.25) is 4.79 Å². The van der Waals surface area contributed by atoms with Crippen LogP contribution in [0.25, 0.3) is 0 Å². The van der Waals surface area contributed by atoms with Crippen LogP contribution >= 0.6 is 15.9 Å². The number of rotatable bonds is 10. The van der Waals surface area contributed by atoms with E-state index in [2.05, 4.69) is 61.1 Å². The Balaban J connectivity index is 1.52. The minimum Gasteiger partial charge on any atom is -0.493 e. The van der Waals surface area contributed by atoms with E-state index in [0.717, 1.165) is 10.9 Å². The summed E-state index contributed by atoms with van der Waals surface area (Å²) in [5.41, 5.74) is 4.97. The predicted octanol–water partition coefficient (Wildman–Crippen LogP) is 6.92. The summed E-state index contributed by atoms with van der Waals surface area (Å²) >= 11 is 3.34. The highest BCUT2D eigenvalue weighted by atomic mass is 79.9. The number of hydrazone groups is 1. The molecule has 8 heteroatoms. The van der Waals surface area contributed by atoms with Crippen LogP contribution in [0.3, 0.4) is 0 Å². The fourth-order valence-electron chi connectivity index (χ4n) is 4.41. The number of hydrogen-bond donors (Lipinski definition) is 1. The highest BCUT2D eigenvalue weighted by Crippen LogP contribution is 2.36. The van der Waals surface area contributed by atoms with Gasteiger partial charge in [-0.15, -0.1) is 0 Å². The number of carbonyl (C=O) groups is 2. The summed E-state index contributed by atoms with van der Waals surface area (Å²) < 4.78 is 17.2. The molecule has 0 heterocycles. The van der Waals surface area contributed by atoms with Crippen molar-refractivity contribution in [3.63, 3.8) is 0 Å². The van der Waals surface area contributed by atoms with E-state index in [9.17, 15) is 9.59 Å². The maximum Gasteiger partial charge on any atom is 0.343 e. The van der Waals surface area contributed by atoms with Crippen molar-refractivity contribution in [2.75, 3.05) is 13.7 Å². The Bertz CT molecular complexity index is 1330. The van der Waals surface area contributed by atoms with Crippen LogP contribution in [-0.4, -0.2) is 31.8 Å². The summed E-state index contributed by atoms with van der Waals surface area (Å²) in [4.78, 5) is 24.7. The number of esters is 1. The van der Waals surface area contributed by atoms with E-state index >= 15 is 0 Å². The van der Waals surface area contributed by atoms with E-state index in [1.807, 2.05) is 30.3 Å². The molecule has 0 aliphatic carbocycles. The third kappa shape index (κ3) is 9.25. The van der Waals surface area contributed by atoms with Crippen LogP contribution < -0.4 is 19.6 Å². The van der Waals surface area contributed by atoms with Crippen molar-refractivity contribution in [2.45, 2.75) is 46.5 Å². The van der Waals surface area contributed by atoms with Crippen LogP contribution in [-0.2, 0) is 10.2 Å². The number of carbonyl (C=O) groups excluding carboxylic acids is 2. The molecule has 0 aliphatic heterocycles. The Kier molecular flexibility index (Phi) is 9.92. The van der Waals surface area contributed by atoms with E-state index in [1.165, 1.54) is 18.9 Å². The molecule has 3 aromatic rings. The summed E-state index contributed by atoms with van der Waals surface area (Å²) in [7, 11) is 1.48. The molecule has 0 saturated heterocycles. The molecule has 39 heavy (non-hydrogen) atoms. The number of halogens is 1. The van der Waals surface area contributed by atoms with Gasteiger partial charge in [-0.25, -0.2) is 10.2 Å². The summed E-state index contributed by atoms with van der Waals surface area (Å²) in [6.45, 7) is 11.0. The lowest BCUT2D eigenvalue weighted by atomic mass is 9.72. The zero-order valence-electron chi connectivity index (χ0n) is 23.2. The summed E-state index contributed by atoms with van der Waals surface area (Å²) in [5, 5.41) is 3.98. The Morgan fingerprint density at radius 1 is 0.949 bits per heavy atom. The van der Waals surface area contributed by atoms with E-state index in [1.54, 1.807) is 36.4 Å². The van der Waals surface area contributed by atoms with E-state index in [-0.39, 0.29) is 23.2 Å². The molecule has 0 radical (unpaired) electrons. The number of amides is 1. The molecule has 3 rings (SSSR count). The van der Waals surface area contributed by atoms with Crippen LogP contribution in [0, 0.1) is 5.41 Å². The molecule has 0 fully saturated rings. The second-order valence-corrected chi connectivity index (χ2v) is 12.0. The first-order valence-corrected chi connectivity index (χ1v) is 13.4. The van der Waals surface area contributed by atoms with Gasteiger partial charge in [0.2, 0.25) is 0 Å². The Morgan fingerprint density at radius 2 is 1.67 bits per heavy atom. The van der Waals surface area contributed by atoms with E-state index < -0.39 is 11.9 Å². The molecule has 1 amide bonds. The van der Waals surface area contributed by atoms with Crippen LogP contribution in [0.4, 0.5) is 0 Å². The number of hydrogen-bond acceptors (Lipinski definition) is 6. The fourth-order valence-corrected chi connectivity index (χ4v) is 4.81. The van der Waals surface area contributed by atoms with Gasteiger partial charge in [-0.05, 0) is 76.9 Å². The first-order chi connectivity index (χ1) is 18.4. The monoisotopic (exact) mass is 594 g/mol. The number of nitrogens with one attached hydrogen (secondary N) is 1. The van der Waals surface area contributed by atoms with Crippen molar-refractivity contribution in [1.29, 1.82) is 0 Å². The molecule has 0 aliphatic rings. The summed E-state index contributed by atoms with van der Waals surface area (Å²) in [6.07, 6.45) is 2.51. The normalized spacial score (nSPS) is 11.8. The molecule has 0 spiro atoms. The molecular weight excluding hydrogens is 560 g/mol. The van der Waals surface area contributed by atoms with Gasteiger partial charge in [-0.2, -0.15) is 5.10 Å². The Morgan fingerprint density at radius 3 is 2.31 bits per heavy atom. The summed E-state index contributed by atoms with van der Waals surface area (Å²) in [5.74, 6) is 0.333. The SMILES string of the molecule is COc1cc(/C=N/NC(=O)COc2ccc(C(C)(C)CC(C)(C)C)cc2)ccc1OC(=O)c1cccc(Br)c1. The topological polar surface area (TPSA) is 86.2 Å². The van der Waals surface area contributed by atoms with E-state index in [4.69, 9.17) is 14.2 Å². The van der Waals surface area contributed by atoms with Gasteiger partial charge in [0.05, 0.1) is 18.9 Å². The summed E-state index contributed by atoms with van der Waals surface area (Å²) in [6, 6.07) is 19.7. The fraction of sp³-hybridized carbons (Fsp3) is 0.323. The van der Waals surface area contributed by atoms with Gasteiger partial charge in [0.1, 0.15) is 5.75 Å². The molecule has 0 aromatic heterocycles. The molecule has 0 bridgehead atoms. The van der Waals surface area contributed by atoms with Gasteiger partial charge in [0.15, 0.2) is 18.1 Å². The molecular formula is C31H35BrN2O5. The van der Waals surface area contributed by atoms with Crippen molar-refractivity contribution in [2.24, 2.45) is 10.5 Å². The zero-order chi connectivity index (χ0) is 28.6. The second-order valence-electron chi connectivity index (χ2n) is 11.0. The number of methoxy groups -OCH3 is 1.